The maximum Gasteiger partial charge on any atom is 0.240 e. The van der Waals surface area contributed by atoms with E-state index in [0.717, 1.165) is 24.2 Å². The van der Waals surface area contributed by atoms with Crippen LogP contribution >= 0.6 is 0 Å². The van der Waals surface area contributed by atoms with Crippen molar-refractivity contribution in [2.75, 3.05) is 18.9 Å². The monoisotopic (exact) mass is 212 g/mol. The van der Waals surface area contributed by atoms with E-state index in [9.17, 15) is 8.42 Å². The number of hydrogen-bond acceptors (Lipinski definition) is 3. The van der Waals surface area contributed by atoms with E-state index in [4.69, 9.17) is 0 Å². The molecule has 1 heterocycles. The molecule has 14 heavy (non-hydrogen) atoms. The van der Waals surface area contributed by atoms with E-state index >= 15 is 0 Å². The lowest BCUT2D eigenvalue weighted by molar-refractivity contribution is 0.588. The third-order valence-corrected chi connectivity index (χ3v) is 3.78. The van der Waals surface area contributed by atoms with Gasteiger partial charge in [-0.1, -0.05) is 0 Å². The van der Waals surface area contributed by atoms with Crippen LogP contribution in [0.5, 0.6) is 0 Å². The first-order chi connectivity index (χ1) is 6.63. The summed E-state index contributed by atoms with van der Waals surface area (Å²) in [4.78, 5) is 0.336. The minimum Gasteiger partial charge on any atom is -0.384 e. The number of anilines is 1. The topological polar surface area (TPSA) is 58.2 Å². The third-order valence-electron chi connectivity index (χ3n) is 2.37. The molecule has 4 nitrogen and oxygen atoms in total. The largest absolute Gasteiger partial charge is 0.384 e. The van der Waals surface area contributed by atoms with Gasteiger partial charge >= 0.3 is 0 Å². The average molecular weight is 212 g/mol. The molecule has 0 spiro atoms. The zero-order valence-electron chi connectivity index (χ0n) is 7.87. The van der Waals surface area contributed by atoms with Crippen LogP contribution in [0.2, 0.25) is 0 Å². The van der Waals surface area contributed by atoms with E-state index in [2.05, 4.69) is 10.0 Å². The van der Waals surface area contributed by atoms with Crippen LogP contribution in [-0.4, -0.2) is 22.0 Å². The Morgan fingerprint density at radius 1 is 1.43 bits per heavy atom. The summed E-state index contributed by atoms with van der Waals surface area (Å²) in [6.07, 6.45) is 0.891. The maximum absolute atomic E-state index is 11.5. The van der Waals surface area contributed by atoms with Crippen molar-refractivity contribution in [1.29, 1.82) is 0 Å². The lowest BCUT2D eigenvalue weighted by Crippen LogP contribution is -2.18. The summed E-state index contributed by atoms with van der Waals surface area (Å²) >= 11 is 0. The Morgan fingerprint density at radius 2 is 2.21 bits per heavy atom. The molecule has 0 fully saturated rings. The number of nitrogens with one attached hydrogen (secondary N) is 2. The highest BCUT2D eigenvalue weighted by molar-refractivity contribution is 7.89. The van der Waals surface area contributed by atoms with Crippen molar-refractivity contribution in [2.45, 2.75) is 11.3 Å². The van der Waals surface area contributed by atoms with Crippen molar-refractivity contribution in [2.24, 2.45) is 0 Å². The SMILES string of the molecule is CNS(=O)(=O)c1ccc2c(c1)CCN2. The van der Waals surface area contributed by atoms with Gasteiger partial charge in [0.15, 0.2) is 0 Å². The Bertz CT molecular complexity index is 454. The number of hydrogen-bond donors (Lipinski definition) is 2. The number of rotatable bonds is 2. The van der Waals surface area contributed by atoms with E-state index in [1.807, 2.05) is 6.07 Å². The zero-order valence-corrected chi connectivity index (χ0v) is 8.69. The number of fused-ring (bicyclic) bond motifs is 1. The predicted molar refractivity (Wildman–Crippen MR) is 54.9 cm³/mol. The van der Waals surface area contributed by atoms with Crippen LogP contribution in [-0.2, 0) is 16.4 Å². The molecule has 5 heteroatoms. The van der Waals surface area contributed by atoms with Gasteiger partial charge in [-0.05, 0) is 37.2 Å². The van der Waals surface area contributed by atoms with Gasteiger partial charge < -0.3 is 5.32 Å². The average Bonchev–Trinajstić information content (AvgIpc) is 2.64. The van der Waals surface area contributed by atoms with Gasteiger partial charge in [0.25, 0.3) is 0 Å². The highest BCUT2D eigenvalue weighted by atomic mass is 32.2. The summed E-state index contributed by atoms with van der Waals surface area (Å²) in [5, 5.41) is 3.18. The fraction of sp³-hybridized carbons (Fsp3) is 0.333. The van der Waals surface area contributed by atoms with Gasteiger partial charge in [0.05, 0.1) is 4.90 Å². The minimum absolute atomic E-state index is 0.336. The van der Waals surface area contributed by atoms with E-state index in [-0.39, 0.29) is 0 Å². The maximum atomic E-state index is 11.5. The van der Waals surface area contributed by atoms with Crippen LogP contribution in [0.15, 0.2) is 23.1 Å². The Morgan fingerprint density at radius 3 is 2.93 bits per heavy atom. The fourth-order valence-corrected chi connectivity index (χ4v) is 2.35. The second-order valence-corrected chi connectivity index (χ2v) is 5.09. The zero-order chi connectivity index (χ0) is 10.2. The van der Waals surface area contributed by atoms with Crippen LogP contribution in [0.3, 0.4) is 0 Å². The quantitative estimate of drug-likeness (QED) is 0.753. The third kappa shape index (κ3) is 1.49. The van der Waals surface area contributed by atoms with Gasteiger partial charge in [0.1, 0.15) is 0 Å². The lowest BCUT2D eigenvalue weighted by atomic mass is 10.2. The molecule has 1 aliphatic rings. The molecule has 76 valence electrons. The van der Waals surface area contributed by atoms with Crippen LogP contribution in [0, 0.1) is 0 Å². The van der Waals surface area contributed by atoms with Crippen molar-refractivity contribution < 1.29 is 8.42 Å². The molecule has 2 rings (SSSR count). The molecule has 2 N–H and O–H groups in total. The molecular formula is C9H12N2O2S. The number of sulfonamides is 1. The molecule has 1 aromatic rings. The summed E-state index contributed by atoms with van der Waals surface area (Å²) in [5.41, 5.74) is 2.11. The van der Waals surface area contributed by atoms with Crippen molar-refractivity contribution in [1.82, 2.24) is 4.72 Å². The summed E-state index contributed by atoms with van der Waals surface area (Å²) < 4.78 is 25.2. The van der Waals surface area contributed by atoms with E-state index in [1.54, 1.807) is 12.1 Å². The van der Waals surface area contributed by atoms with E-state index in [1.165, 1.54) is 7.05 Å². The molecule has 0 radical (unpaired) electrons. The molecule has 0 saturated heterocycles. The van der Waals surface area contributed by atoms with Crippen LogP contribution < -0.4 is 10.0 Å². The standard InChI is InChI=1S/C9H12N2O2S/c1-10-14(12,13)8-2-3-9-7(6-8)4-5-11-9/h2-3,6,10-11H,4-5H2,1H3. The van der Waals surface area contributed by atoms with Crippen LogP contribution in [0.4, 0.5) is 5.69 Å². The summed E-state index contributed by atoms with van der Waals surface area (Å²) in [6, 6.07) is 5.15. The molecule has 1 aromatic carbocycles. The van der Waals surface area contributed by atoms with Crippen molar-refractivity contribution in [3.63, 3.8) is 0 Å². The first kappa shape index (κ1) is 9.48. The smallest absolute Gasteiger partial charge is 0.240 e. The van der Waals surface area contributed by atoms with Gasteiger partial charge in [-0.15, -0.1) is 0 Å². The molecule has 0 aliphatic carbocycles. The molecule has 1 aliphatic heterocycles. The van der Waals surface area contributed by atoms with Gasteiger partial charge in [0.2, 0.25) is 10.0 Å². The Kier molecular flexibility index (Phi) is 2.20. The fourth-order valence-electron chi connectivity index (χ4n) is 1.57. The highest BCUT2D eigenvalue weighted by Gasteiger charge is 2.16. The van der Waals surface area contributed by atoms with Crippen molar-refractivity contribution in [3.05, 3.63) is 23.8 Å². The summed E-state index contributed by atoms with van der Waals surface area (Å²) in [6.45, 7) is 0.887. The molecular weight excluding hydrogens is 200 g/mol. The molecule has 0 saturated carbocycles. The molecule has 0 aromatic heterocycles. The van der Waals surface area contributed by atoms with Gasteiger partial charge in [0, 0.05) is 12.2 Å². The molecule has 0 unspecified atom stereocenters. The van der Waals surface area contributed by atoms with E-state index in [0.29, 0.717) is 4.90 Å². The van der Waals surface area contributed by atoms with E-state index < -0.39 is 10.0 Å². The minimum atomic E-state index is -3.30. The summed E-state index contributed by atoms with van der Waals surface area (Å²) in [7, 11) is -1.88. The Hall–Kier alpha value is -1.07. The molecule has 0 atom stereocenters. The highest BCUT2D eigenvalue weighted by Crippen LogP contribution is 2.24. The van der Waals surface area contributed by atoms with Crippen LogP contribution in [0.25, 0.3) is 0 Å². The Balaban J connectivity index is 2.48. The summed E-state index contributed by atoms with van der Waals surface area (Å²) in [5.74, 6) is 0. The second-order valence-electron chi connectivity index (χ2n) is 3.20. The molecule has 0 amide bonds. The van der Waals surface area contributed by atoms with Gasteiger partial charge in [-0.25, -0.2) is 13.1 Å². The van der Waals surface area contributed by atoms with Crippen molar-refractivity contribution in [3.8, 4) is 0 Å². The van der Waals surface area contributed by atoms with Crippen LogP contribution in [0.1, 0.15) is 5.56 Å². The molecule has 0 bridgehead atoms. The van der Waals surface area contributed by atoms with Gasteiger partial charge in [-0.2, -0.15) is 0 Å². The normalized spacial score (nSPS) is 14.9. The first-order valence-corrected chi connectivity index (χ1v) is 5.92. The number of benzene rings is 1. The predicted octanol–water partition coefficient (Wildman–Crippen LogP) is 0.563. The van der Waals surface area contributed by atoms with Crippen molar-refractivity contribution >= 4 is 15.7 Å². The van der Waals surface area contributed by atoms with Gasteiger partial charge in [-0.3, -0.25) is 0 Å². The second kappa shape index (κ2) is 3.25. The lowest BCUT2D eigenvalue weighted by Gasteiger charge is -2.04. The first-order valence-electron chi connectivity index (χ1n) is 4.44. The Labute approximate surface area is 83.4 Å².